The van der Waals surface area contributed by atoms with Gasteiger partial charge in [0.15, 0.2) is 0 Å². The van der Waals surface area contributed by atoms with E-state index in [0.717, 1.165) is 6.54 Å². The third-order valence-electron chi connectivity index (χ3n) is 3.15. The molecule has 0 aliphatic heterocycles. The van der Waals surface area contributed by atoms with Crippen molar-refractivity contribution < 1.29 is 0 Å². The van der Waals surface area contributed by atoms with Gasteiger partial charge in [-0.2, -0.15) is 0 Å². The molecule has 1 heterocycles. The molecule has 1 N–H and O–H groups in total. The third kappa shape index (κ3) is 3.60. The van der Waals surface area contributed by atoms with Gasteiger partial charge in [0.25, 0.3) is 0 Å². The van der Waals surface area contributed by atoms with Gasteiger partial charge in [0.1, 0.15) is 0 Å². The molecule has 0 saturated carbocycles. The third-order valence-corrected chi connectivity index (χ3v) is 3.99. The van der Waals surface area contributed by atoms with E-state index in [0.29, 0.717) is 6.04 Å². The van der Waals surface area contributed by atoms with Gasteiger partial charge in [-0.1, -0.05) is 20.8 Å². The van der Waals surface area contributed by atoms with Crippen molar-refractivity contribution in [1.29, 1.82) is 0 Å². The molecule has 1 atom stereocenters. The second-order valence-electron chi connectivity index (χ2n) is 5.33. The highest BCUT2D eigenvalue weighted by molar-refractivity contribution is 7.10. The first-order chi connectivity index (χ1) is 7.47. The first-order valence-corrected chi connectivity index (χ1v) is 7.13. The molecule has 0 saturated heterocycles. The molecule has 92 valence electrons. The Morgan fingerprint density at radius 1 is 1.44 bits per heavy atom. The van der Waals surface area contributed by atoms with Gasteiger partial charge in [0, 0.05) is 10.9 Å². The Balaban J connectivity index is 2.61. The maximum atomic E-state index is 3.57. The lowest BCUT2D eigenvalue weighted by Crippen LogP contribution is -2.33. The summed E-state index contributed by atoms with van der Waals surface area (Å²) in [4.78, 5) is 1.47. The minimum Gasteiger partial charge on any atom is -0.314 e. The summed E-state index contributed by atoms with van der Waals surface area (Å²) in [7, 11) is 0. The van der Waals surface area contributed by atoms with Crippen LogP contribution in [0.1, 0.15) is 51.0 Å². The normalized spacial score (nSPS) is 14.1. The fourth-order valence-corrected chi connectivity index (χ4v) is 3.30. The van der Waals surface area contributed by atoms with E-state index in [2.05, 4.69) is 51.4 Å². The number of thiophene rings is 1. The number of hydrogen-bond acceptors (Lipinski definition) is 2. The molecule has 2 heteroatoms. The van der Waals surface area contributed by atoms with Crippen LogP contribution in [0.25, 0.3) is 0 Å². The van der Waals surface area contributed by atoms with Gasteiger partial charge < -0.3 is 5.32 Å². The van der Waals surface area contributed by atoms with E-state index in [4.69, 9.17) is 0 Å². The minimum atomic E-state index is 0.282. The number of nitrogens with one attached hydrogen (secondary N) is 1. The van der Waals surface area contributed by atoms with Crippen LogP contribution in [0.5, 0.6) is 0 Å². The van der Waals surface area contributed by atoms with Crippen LogP contribution in [0, 0.1) is 6.92 Å². The summed E-state index contributed by atoms with van der Waals surface area (Å²) < 4.78 is 0. The van der Waals surface area contributed by atoms with Crippen molar-refractivity contribution in [2.75, 3.05) is 6.54 Å². The van der Waals surface area contributed by atoms with E-state index in [1.807, 2.05) is 11.3 Å². The Labute approximate surface area is 104 Å². The maximum Gasteiger partial charge on any atom is 0.00516 e. The number of aryl methyl sites for hydroxylation is 1. The Kier molecular flexibility index (Phi) is 5.00. The molecule has 16 heavy (non-hydrogen) atoms. The van der Waals surface area contributed by atoms with Crippen molar-refractivity contribution in [2.24, 2.45) is 0 Å². The molecule has 0 radical (unpaired) electrons. The Morgan fingerprint density at radius 3 is 2.62 bits per heavy atom. The molecule has 0 aliphatic carbocycles. The Morgan fingerprint density at radius 2 is 2.12 bits per heavy atom. The van der Waals surface area contributed by atoms with Crippen molar-refractivity contribution >= 4 is 11.3 Å². The second kappa shape index (κ2) is 5.83. The molecule has 0 spiro atoms. The first-order valence-electron chi connectivity index (χ1n) is 6.25. The van der Waals surface area contributed by atoms with Crippen molar-refractivity contribution in [2.45, 2.75) is 58.9 Å². The van der Waals surface area contributed by atoms with Gasteiger partial charge in [-0.25, -0.2) is 0 Å². The minimum absolute atomic E-state index is 0.282. The zero-order valence-electron chi connectivity index (χ0n) is 11.3. The molecule has 0 amide bonds. The van der Waals surface area contributed by atoms with Crippen LogP contribution >= 0.6 is 11.3 Å². The predicted octanol–water partition coefficient (Wildman–Crippen LogP) is 4.11. The SMILES string of the molecule is CCCNC(C)CC(C)(C)c1ccsc1C. The molecule has 1 nitrogen and oxygen atoms in total. The Bertz CT molecular complexity index is 314. The standard InChI is InChI=1S/C14H25NS/c1-6-8-15-11(2)10-14(4,5)13-7-9-16-12(13)3/h7,9,11,15H,6,8,10H2,1-5H3. The monoisotopic (exact) mass is 239 g/mol. The van der Waals surface area contributed by atoms with Crippen molar-refractivity contribution in [1.82, 2.24) is 5.32 Å². The van der Waals surface area contributed by atoms with E-state index in [9.17, 15) is 0 Å². The molecule has 1 aromatic heterocycles. The first kappa shape index (κ1) is 13.7. The van der Waals surface area contributed by atoms with E-state index in [-0.39, 0.29) is 5.41 Å². The van der Waals surface area contributed by atoms with E-state index in [1.54, 1.807) is 0 Å². The van der Waals surface area contributed by atoms with E-state index < -0.39 is 0 Å². The average Bonchev–Trinajstić information content (AvgIpc) is 2.61. The van der Waals surface area contributed by atoms with Gasteiger partial charge in [-0.3, -0.25) is 0 Å². The second-order valence-corrected chi connectivity index (χ2v) is 6.45. The van der Waals surface area contributed by atoms with E-state index in [1.165, 1.54) is 23.3 Å². The van der Waals surface area contributed by atoms with Crippen molar-refractivity contribution in [3.05, 3.63) is 21.9 Å². The molecule has 1 rings (SSSR count). The summed E-state index contributed by atoms with van der Waals surface area (Å²) in [5, 5.41) is 5.78. The average molecular weight is 239 g/mol. The smallest absolute Gasteiger partial charge is 0.00516 e. The van der Waals surface area contributed by atoms with E-state index >= 15 is 0 Å². The predicted molar refractivity (Wildman–Crippen MR) is 74.5 cm³/mol. The van der Waals surface area contributed by atoms with Crippen LogP contribution in [-0.4, -0.2) is 12.6 Å². The fraction of sp³-hybridized carbons (Fsp3) is 0.714. The van der Waals surface area contributed by atoms with Gasteiger partial charge in [-0.05, 0) is 55.7 Å². The molecular formula is C14H25NS. The summed E-state index contributed by atoms with van der Waals surface area (Å²) in [5.41, 5.74) is 1.80. The van der Waals surface area contributed by atoms with Crippen LogP contribution in [0.4, 0.5) is 0 Å². The highest BCUT2D eigenvalue weighted by Crippen LogP contribution is 2.33. The molecule has 1 unspecified atom stereocenters. The van der Waals surface area contributed by atoms with Crippen molar-refractivity contribution in [3.63, 3.8) is 0 Å². The zero-order chi connectivity index (χ0) is 12.2. The summed E-state index contributed by atoms with van der Waals surface area (Å²) in [5.74, 6) is 0. The van der Waals surface area contributed by atoms with Gasteiger partial charge in [0.05, 0.1) is 0 Å². The molecule has 0 bridgehead atoms. The largest absolute Gasteiger partial charge is 0.314 e. The van der Waals surface area contributed by atoms with Gasteiger partial charge in [0.2, 0.25) is 0 Å². The molecule has 0 aliphatic rings. The lowest BCUT2D eigenvalue weighted by atomic mass is 9.79. The maximum absolute atomic E-state index is 3.57. The molecule has 1 aromatic rings. The highest BCUT2D eigenvalue weighted by atomic mass is 32.1. The van der Waals surface area contributed by atoms with Crippen LogP contribution in [0.2, 0.25) is 0 Å². The lowest BCUT2D eigenvalue weighted by Gasteiger charge is -2.29. The molecule has 0 aromatic carbocycles. The summed E-state index contributed by atoms with van der Waals surface area (Å²) in [6.07, 6.45) is 2.41. The summed E-state index contributed by atoms with van der Waals surface area (Å²) in [6, 6.07) is 2.88. The highest BCUT2D eigenvalue weighted by Gasteiger charge is 2.25. The topological polar surface area (TPSA) is 12.0 Å². The van der Waals surface area contributed by atoms with Crippen LogP contribution in [0.15, 0.2) is 11.4 Å². The van der Waals surface area contributed by atoms with Gasteiger partial charge >= 0.3 is 0 Å². The fourth-order valence-electron chi connectivity index (χ4n) is 2.43. The summed E-state index contributed by atoms with van der Waals surface area (Å²) in [6.45, 7) is 12.6. The lowest BCUT2D eigenvalue weighted by molar-refractivity contribution is 0.389. The van der Waals surface area contributed by atoms with Crippen LogP contribution < -0.4 is 5.32 Å². The van der Waals surface area contributed by atoms with Gasteiger partial charge in [-0.15, -0.1) is 11.3 Å². The Hall–Kier alpha value is -0.340. The molecule has 0 fully saturated rings. The van der Waals surface area contributed by atoms with Crippen LogP contribution in [-0.2, 0) is 5.41 Å². The quantitative estimate of drug-likeness (QED) is 0.787. The summed E-state index contributed by atoms with van der Waals surface area (Å²) >= 11 is 1.86. The molecular weight excluding hydrogens is 214 g/mol. The van der Waals surface area contributed by atoms with Crippen LogP contribution in [0.3, 0.4) is 0 Å². The van der Waals surface area contributed by atoms with Crippen molar-refractivity contribution in [3.8, 4) is 0 Å². The number of rotatable bonds is 6. The number of hydrogen-bond donors (Lipinski definition) is 1. The zero-order valence-corrected chi connectivity index (χ0v) is 12.1.